The zero-order chi connectivity index (χ0) is 16.8. The van der Waals surface area contributed by atoms with Crippen molar-refractivity contribution in [1.29, 1.82) is 0 Å². The van der Waals surface area contributed by atoms with E-state index in [-0.39, 0.29) is 17.1 Å². The van der Waals surface area contributed by atoms with Crippen LogP contribution in [0.25, 0.3) is 22.6 Å². The zero-order valence-electron chi connectivity index (χ0n) is 12.2. The molecule has 0 radical (unpaired) electrons. The number of alkyl halides is 3. The van der Waals surface area contributed by atoms with Gasteiger partial charge in [-0.3, -0.25) is 0 Å². The number of benzene rings is 2. The number of rotatable bonds is 2. The third-order valence-electron chi connectivity index (χ3n) is 3.61. The second-order valence-electron chi connectivity index (χ2n) is 5.19. The standard InChI is InChI=1S/C16H14F3N3O/c1-2-8-5-14-13(7-12(8)21)22-15(23-14)10-4-3-9(20)6-11(10)16(17,18)19/h3-7H,2,20-21H2,1H3. The van der Waals surface area contributed by atoms with E-state index in [9.17, 15) is 13.2 Å². The van der Waals surface area contributed by atoms with Gasteiger partial charge in [0, 0.05) is 16.9 Å². The van der Waals surface area contributed by atoms with Gasteiger partial charge in [-0.15, -0.1) is 0 Å². The van der Waals surface area contributed by atoms with E-state index >= 15 is 0 Å². The van der Waals surface area contributed by atoms with E-state index in [4.69, 9.17) is 15.9 Å². The van der Waals surface area contributed by atoms with E-state index < -0.39 is 11.7 Å². The smallest absolute Gasteiger partial charge is 0.417 e. The fraction of sp³-hybridized carbons (Fsp3) is 0.188. The molecule has 0 aliphatic carbocycles. The maximum Gasteiger partial charge on any atom is 0.417 e. The monoisotopic (exact) mass is 321 g/mol. The summed E-state index contributed by atoms with van der Waals surface area (Å²) in [5, 5.41) is 0. The van der Waals surface area contributed by atoms with Gasteiger partial charge < -0.3 is 15.9 Å². The van der Waals surface area contributed by atoms with Crippen LogP contribution >= 0.6 is 0 Å². The van der Waals surface area contributed by atoms with Gasteiger partial charge in [-0.25, -0.2) is 4.98 Å². The molecular weight excluding hydrogens is 307 g/mol. The molecule has 0 unspecified atom stereocenters. The van der Waals surface area contributed by atoms with E-state index in [1.807, 2.05) is 6.92 Å². The third kappa shape index (κ3) is 2.69. The summed E-state index contributed by atoms with van der Waals surface area (Å²) in [6, 6.07) is 6.81. The molecule has 0 aliphatic heterocycles. The minimum atomic E-state index is -4.56. The fourth-order valence-electron chi connectivity index (χ4n) is 2.44. The number of anilines is 2. The molecular formula is C16H14F3N3O. The lowest BCUT2D eigenvalue weighted by Crippen LogP contribution is -2.08. The summed E-state index contributed by atoms with van der Waals surface area (Å²) in [6.45, 7) is 1.93. The Morgan fingerprint density at radius 1 is 1.13 bits per heavy atom. The van der Waals surface area contributed by atoms with Gasteiger partial charge in [0.25, 0.3) is 0 Å². The summed E-state index contributed by atoms with van der Waals surface area (Å²) in [4.78, 5) is 4.14. The van der Waals surface area contributed by atoms with Gasteiger partial charge in [-0.2, -0.15) is 13.2 Å². The van der Waals surface area contributed by atoms with Gasteiger partial charge in [0.1, 0.15) is 5.52 Å². The average molecular weight is 321 g/mol. The van der Waals surface area contributed by atoms with Crippen LogP contribution in [0.15, 0.2) is 34.7 Å². The molecule has 0 spiro atoms. The minimum Gasteiger partial charge on any atom is -0.436 e. The Morgan fingerprint density at radius 2 is 1.87 bits per heavy atom. The number of hydrogen-bond donors (Lipinski definition) is 2. The molecule has 3 aromatic rings. The van der Waals surface area contributed by atoms with E-state index in [0.29, 0.717) is 23.2 Å². The molecule has 2 aromatic carbocycles. The van der Waals surface area contributed by atoms with Crippen molar-refractivity contribution in [3.8, 4) is 11.5 Å². The molecule has 4 nitrogen and oxygen atoms in total. The minimum absolute atomic E-state index is 0.0229. The Bertz CT molecular complexity index is 884. The van der Waals surface area contributed by atoms with Crippen LogP contribution in [0.2, 0.25) is 0 Å². The molecule has 4 N–H and O–H groups in total. The topological polar surface area (TPSA) is 78.1 Å². The van der Waals surface area contributed by atoms with E-state index in [0.717, 1.165) is 11.6 Å². The summed E-state index contributed by atoms with van der Waals surface area (Å²) in [5.74, 6) is -0.111. The number of nitrogens with two attached hydrogens (primary N) is 2. The number of nitrogen functional groups attached to an aromatic ring is 2. The Morgan fingerprint density at radius 3 is 2.52 bits per heavy atom. The summed E-state index contributed by atoms with van der Waals surface area (Å²) < 4.78 is 45.1. The number of oxazole rings is 1. The van der Waals surface area contributed by atoms with Crippen LogP contribution in [0.4, 0.5) is 24.5 Å². The van der Waals surface area contributed by atoms with Crippen LogP contribution in [0.3, 0.4) is 0 Å². The van der Waals surface area contributed by atoms with Gasteiger partial charge in [-0.1, -0.05) is 6.92 Å². The number of aryl methyl sites for hydroxylation is 1. The molecule has 1 aromatic heterocycles. The van der Waals surface area contributed by atoms with Crippen molar-refractivity contribution in [3.63, 3.8) is 0 Å². The molecule has 0 saturated carbocycles. The SMILES string of the molecule is CCc1cc2oc(-c3ccc(N)cc3C(F)(F)F)nc2cc1N. The first-order valence-electron chi connectivity index (χ1n) is 6.95. The van der Waals surface area contributed by atoms with Crippen LogP contribution in [0, 0.1) is 0 Å². The van der Waals surface area contributed by atoms with Gasteiger partial charge in [0.15, 0.2) is 5.58 Å². The Kier molecular flexibility index (Phi) is 3.43. The number of hydrogen-bond acceptors (Lipinski definition) is 4. The predicted molar refractivity (Wildman–Crippen MR) is 82.6 cm³/mol. The first-order chi connectivity index (χ1) is 10.8. The van der Waals surface area contributed by atoms with Crippen molar-refractivity contribution < 1.29 is 17.6 Å². The number of halogens is 3. The predicted octanol–water partition coefficient (Wildman–Crippen LogP) is 4.24. The quantitative estimate of drug-likeness (QED) is 0.692. The lowest BCUT2D eigenvalue weighted by molar-refractivity contribution is -0.137. The van der Waals surface area contributed by atoms with Gasteiger partial charge >= 0.3 is 6.18 Å². The summed E-state index contributed by atoms with van der Waals surface area (Å²) in [5.41, 5.74) is 12.5. The Balaban J connectivity index is 2.21. The molecule has 0 fully saturated rings. The normalized spacial score (nSPS) is 12.0. The molecule has 0 bridgehead atoms. The van der Waals surface area contributed by atoms with Crippen LogP contribution in [0.5, 0.6) is 0 Å². The highest BCUT2D eigenvalue weighted by Crippen LogP contribution is 2.39. The van der Waals surface area contributed by atoms with Crippen molar-refractivity contribution >= 4 is 22.5 Å². The van der Waals surface area contributed by atoms with Crippen molar-refractivity contribution in [2.24, 2.45) is 0 Å². The number of nitrogens with zero attached hydrogens (tertiary/aromatic N) is 1. The lowest BCUT2D eigenvalue weighted by atomic mass is 10.1. The van der Waals surface area contributed by atoms with Crippen molar-refractivity contribution in [3.05, 3.63) is 41.5 Å². The maximum atomic E-state index is 13.2. The molecule has 3 rings (SSSR count). The molecule has 0 saturated heterocycles. The summed E-state index contributed by atoms with van der Waals surface area (Å²) in [6.07, 6.45) is -3.87. The zero-order valence-corrected chi connectivity index (χ0v) is 12.2. The average Bonchev–Trinajstić information content (AvgIpc) is 2.87. The molecule has 23 heavy (non-hydrogen) atoms. The fourth-order valence-corrected chi connectivity index (χ4v) is 2.44. The maximum absolute atomic E-state index is 13.2. The van der Waals surface area contributed by atoms with Gasteiger partial charge in [0.05, 0.1) is 5.56 Å². The second kappa shape index (κ2) is 5.19. The first-order valence-corrected chi connectivity index (χ1v) is 6.95. The second-order valence-corrected chi connectivity index (χ2v) is 5.19. The summed E-state index contributed by atoms with van der Waals surface area (Å²) in [7, 11) is 0. The van der Waals surface area contributed by atoms with Crippen LogP contribution in [-0.2, 0) is 12.6 Å². The Labute approximate surface area is 129 Å². The van der Waals surface area contributed by atoms with Crippen molar-refractivity contribution in [1.82, 2.24) is 4.98 Å². The molecule has 7 heteroatoms. The Hall–Kier alpha value is -2.70. The lowest BCUT2D eigenvalue weighted by Gasteiger charge is -2.11. The number of fused-ring (bicyclic) bond motifs is 1. The molecule has 1 heterocycles. The van der Waals surface area contributed by atoms with Crippen molar-refractivity contribution in [2.45, 2.75) is 19.5 Å². The number of aromatic nitrogens is 1. The largest absolute Gasteiger partial charge is 0.436 e. The summed E-state index contributed by atoms with van der Waals surface area (Å²) >= 11 is 0. The van der Waals surface area contributed by atoms with E-state index in [2.05, 4.69) is 4.98 Å². The van der Waals surface area contributed by atoms with Crippen LogP contribution in [0.1, 0.15) is 18.1 Å². The van der Waals surface area contributed by atoms with Crippen LogP contribution in [-0.4, -0.2) is 4.98 Å². The molecule has 120 valence electrons. The molecule has 0 amide bonds. The highest BCUT2D eigenvalue weighted by molar-refractivity contribution is 5.82. The third-order valence-corrected chi connectivity index (χ3v) is 3.61. The first kappa shape index (κ1) is 15.2. The van der Waals surface area contributed by atoms with Gasteiger partial charge in [-0.05, 0) is 42.3 Å². The highest BCUT2D eigenvalue weighted by atomic mass is 19.4. The van der Waals surface area contributed by atoms with E-state index in [1.54, 1.807) is 12.1 Å². The van der Waals surface area contributed by atoms with E-state index in [1.165, 1.54) is 12.1 Å². The van der Waals surface area contributed by atoms with Crippen LogP contribution < -0.4 is 11.5 Å². The van der Waals surface area contributed by atoms with Gasteiger partial charge in [0.2, 0.25) is 5.89 Å². The highest BCUT2D eigenvalue weighted by Gasteiger charge is 2.35. The molecule has 0 aliphatic rings. The molecule has 0 atom stereocenters. The van der Waals surface area contributed by atoms with Crippen molar-refractivity contribution in [2.75, 3.05) is 11.5 Å².